The smallest absolute Gasteiger partial charge is 0.243 e. The summed E-state index contributed by atoms with van der Waals surface area (Å²) >= 11 is 0. The molecule has 1 saturated heterocycles. The molecule has 1 aliphatic heterocycles. The highest BCUT2D eigenvalue weighted by atomic mass is 32.2. The summed E-state index contributed by atoms with van der Waals surface area (Å²) in [5.74, 6) is 0. The van der Waals surface area contributed by atoms with Gasteiger partial charge in [-0.3, -0.25) is 0 Å². The third-order valence-corrected chi connectivity index (χ3v) is 7.61. The van der Waals surface area contributed by atoms with E-state index in [1.807, 2.05) is 36.4 Å². The molecule has 0 bridgehead atoms. The van der Waals surface area contributed by atoms with Crippen molar-refractivity contribution in [3.8, 4) is 11.1 Å². The highest BCUT2D eigenvalue weighted by Crippen LogP contribution is 2.30. The Morgan fingerprint density at radius 2 is 1.67 bits per heavy atom. The van der Waals surface area contributed by atoms with Crippen LogP contribution in [-0.2, 0) is 16.4 Å². The maximum absolute atomic E-state index is 12.8. The number of hydrogen-bond donors (Lipinski definition) is 1. The predicted molar refractivity (Wildman–Crippen MR) is 119 cm³/mol. The van der Waals surface area contributed by atoms with Gasteiger partial charge >= 0.3 is 0 Å². The number of aromatic amines is 1. The van der Waals surface area contributed by atoms with Gasteiger partial charge in [-0.05, 0) is 53.8 Å². The first kappa shape index (κ1) is 19.0. The summed E-state index contributed by atoms with van der Waals surface area (Å²) in [4.78, 5) is 8.25. The number of hydrogen-bond acceptors (Lipinski definition) is 3. The molecule has 0 saturated carbocycles. The Kier molecular flexibility index (Phi) is 4.89. The second-order valence-corrected chi connectivity index (χ2v) is 9.65. The molecule has 4 aromatic rings. The van der Waals surface area contributed by atoms with E-state index in [9.17, 15) is 8.42 Å². The molecule has 1 N–H and O–H groups in total. The Labute approximate surface area is 176 Å². The lowest BCUT2D eigenvalue weighted by molar-refractivity contribution is 0.477. The minimum absolute atomic E-state index is 0.359. The second kappa shape index (κ2) is 7.70. The van der Waals surface area contributed by atoms with Crippen LogP contribution in [0.4, 0.5) is 0 Å². The SMILES string of the molecule is O=S(=O)(c1ccc(-c2ccnc3[nH]c(Cc4ccccc4)cc23)cc1)N1CCCC1. The lowest BCUT2D eigenvalue weighted by Crippen LogP contribution is -2.27. The topological polar surface area (TPSA) is 66.1 Å². The first-order valence-electron chi connectivity index (χ1n) is 10.2. The van der Waals surface area contributed by atoms with Gasteiger partial charge < -0.3 is 4.98 Å². The highest BCUT2D eigenvalue weighted by molar-refractivity contribution is 7.89. The number of nitrogens with zero attached hydrogens (tertiary/aromatic N) is 2. The highest BCUT2D eigenvalue weighted by Gasteiger charge is 2.27. The lowest BCUT2D eigenvalue weighted by atomic mass is 10.0. The standard InChI is InChI=1S/C24H23N3O2S/c28-30(29,27-14-4-5-15-27)21-10-8-19(9-11-21)22-12-13-25-24-23(22)17-20(26-24)16-18-6-2-1-3-7-18/h1-3,6-13,17H,4-5,14-16H2,(H,25,26). The average Bonchev–Trinajstić information content (AvgIpc) is 3.44. The molecule has 2 aromatic heterocycles. The van der Waals surface area contributed by atoms with Crippen molar-refractivity contribution in [2.75, 3.05) is 13.1 Å². The van der Waals surface area contributed by atoms with Gasteiger partial charge in [0.1, 0.15) is 5.65 Å². The van der Waals surface area contributed by atoms with E-state index in [0.29, 0.717) is 18.0 Å². The largest absolute Gasteiger partial charge is 0.343 e. The predicted octanol–water partition coefficient (Wildman–Crippen LogP) is 4.61. The van der Waals surface area contributed by atoms with E-state index in [-0.39, 0.29) is 0 Å². The number of rotatable bonds is 5. The van der Waals surface area contributed by atoms with Gasteiger partial charge in [0.15, 0.2) is 0 Å². The summed E-state index contributed by atoms with van der Waals surface area (Å²) in [6, 6.07) is 21.6. The van der Waals surface area contributed by atoms with Crippen LogP contribution in [0.3, 0.4) is 0 Å². The number of fused-ring (bicyclic) bond motifs is 1. The molecular weight excluding hydrogens is 394 g/mol. The van der Waals surface area contributed by atoms with Crippen molar-refractivity contribution < 1.29 is 8.42 Å². The van der Waals surface area contributed by atoms with Crippen molar-refractivity contribution in [3.63, 3.8) is 0 Å². The monoisotopic (exact) mass is 417 g/mol. The van der Waals surface area contributed by atoms with Gasteiger partial charge in [-0.1, -0.05) is 42.5 Å². The van der Waals surface area contributed by atoms with Crippen molar-refractivity contribution in [2.24, 2.45) is 0 Å². The van der Waals surface area contributed by atoms with Gasteiger partial charge in [-0.25, -0.2) is 13.4 Å². The molecule has 0 amide bonds. The van der Waals surface area contributed by atoms with E-state index < -0.39 is 10.0 Å². The third-order valence-electron chi connectivity index (χ3n) is 5.69. The summed E-state index contributed by atoms with van der Waals surface area (Å²) in [7, 11) is -3.40. The van der Waals surface area contributed by atoms with Gasteiger partial charge in [0.05, 0.1) is 4.90 Å². The van der Waals surface area contributed by atoms with E-state index in [4.69, 9.17) is 0 Å². The molecule has 5 nitrogen and oxygen atoms in total. The molecule has 0 unspecified atom stereocenters. The van der Waals surface area contributed by atoms with Crippen LogP contribution in [0, 0.1) is 0 Å². The number of H-pyrrole nitrogens is 1. The Balaban J connectivity index is 1.47. The Hall–Kier alpha value is -2.96. The lowest BCUT2D eigenvalue weighted by Gasteiger charge is -2.15. The van der Waals surface area contributed by atoms with E-state index in [1.54, 1.807) is 22.6 Å². The van der Waals surface area contributed by atoms with Gasteiger partial charge in [0.25, 0.3) is 0 Å². The van der Waals surface area contributed by atoms with Gasteiger partial charge in [0.2, 0.25) is 10.0 Å². The molecule has 152 valence electrons. The van der Waals surface area contributed by atoms with Crippen molar-refractivity contribution in [2.45, 2.75) is 24.2 Å². The summed E-state index contributed by atoms with van der Waals surface area (Å²) in [5, 5.41) is 1.04. The minimum Gasteiger partial charge on any atom is -0.343 e. The van der Waals surface area contributed by atoms with Crippen LogP contribution in [0.5, 0.6) is 0 Å². The summed E-state index contributed by atoms with van der Waals surface area (Å²) < 4.78 is 27.1. The molecule has 0 radical (unpaired) electrons. The maximum atomic E-state index is 12.8. The number of benzene rings is 2. The van der Waals surface area contributed by atoms with Crippen molar-refractivity contribution in [3.05, 3.63) is 84.2 Å². The molecule has 6 heteroatoms. The fourth-order valence-corrected chi connectivity index (χ4v) is 5.65. The minimum atomic E-state index is -3.40. The Morgan fingerprint density at radius 3 is 2.40 bits per heavy atom. The summed E-state index contributed by atoms with van der Waals surface area (Å²) in [6.07, 6.45) is 4.47. The molecule has 5 rings (SSSR count). The molecule has 1 aliphatic rings. The molecule has 0 aliphatic carbocycles. The van der Waals surface area contributed by atoms with Crippen LogP contribution in [0.25, 0.3) is 22.2 Å². The first-order chi connectivity index (χ1) is 14.6. The van der Waals surface area contributed by atoms with Gasteiger partial charge in [-0.15, -0.1) is 0 Å². The van der Waals surface area contributed by atoms with Gasteiger partial charge in [-0.2, -0.15) is 4.31 Å². The number of nitrogens with one attached hydrogen (secondary N) is 1. The molecule has 2 aromatic carbocycles. The number of pyridine rings is 1. The average molecular weight is 418 g/mol. The Morgan fingerprint density at radius 1 is 0.933 bits per heavy atom. The summed E-state index contributed by atoms with van der Waals surface area (Å²) in [5.41, 5.74) is 5.20. The fourth-order valence-electron chi connectivity index (χ4n) is 4.13. The quantitative estimate of drug-likeness (QED) is 0.516. The zero-order valence-electron chi connectivity index (χ0n) is 16.6. The van der Waals surface area contributed by atoms with E-state index in [0.717, 1.165) is 47.1 Å². The molecule has 30 heavy (non-hydrogen) atoms. The second-order valence-electron chi connectivity index (χ2n) is 7.71. The maximum Gasteiger partial charge on any atom is 0.243 e. The van der Waals surface area contributed by atoms with E-state index >= 15 is 0 Å². The van der Waals surface area contributed by atoms with E-state index in [2.05, 4.69) is 28.2 Å². The Bertz CT molecular complexity index is 1270. The van der Waals surface area contributed by atoms with Crippen LogP contribution in [0.1, 0.15) is 24.1 Å². The van der Waals surface area contributed by atoms with Crippen LogP contribution in [0.15, 0.2) is 77.8 Å². The van der Waals surface area contributed by atoms with E-state index in [1.165, 1.54) is 5.56 Å². The summed E-state index contributed by atoms with van der Waals surface area (Å²) in [6.45, 7) is 1.23. The fraction of sp³-hybridized carbons (Fsp3) is 0.208. The third kappa shape index (κ3) is 3.53. The molecule has 1 fully saturated rings. The number of aromatic nitrogens is 2. The zero-order valence-corrected chi connectivity index (χ0v) is 17.4. The first-order valence-corrected chi connectivity index (χ1v) is 11.7. The van der Waals surface area contributed by atoms with Crippen molar-refractivity contribution in [1.29, 1.82) is 0 Å². The van der Waals surface area contributed by atoms with Gasteiger partial charge in [0, 0.05) is 36.8 Å². The van der Waals surface area contributed by atoms with Crippen molar-refractivity contribution >= 4 is 21.1 Å². The molecule has 3 heterocycles. The van der Waals surface area contributed by atoms with Crippen LogP contribution in [-0.4, -0.2) is 35.8 Å². The molecule has 0 atom stereocenters. The number of sulfonamides is 1. The van der Waals surface area contributed by atoms with Crippen LogP contribution >= 0.6 is 0 Å². The molecular formula is C24H23N3O2S. The zero-order chi connectivity index (χ0) is 20.6. The van der Waals surface area contributed by atoms with Crippen LogP contribution < -0.4 is 0 Å². The molecule has 0 spiro atoms. The normalized spacial score (nSPS) is 15.1. The van der Waals surface area contributed by atoms with Crippen molar-refractivity contribution in [1.82, 2.24) is 14.3 Å². The van der Waals surface area contributed by atoms with Crippen LogP contribution in [0.2, 0.25) is 0 Å².